The van der Waals surface area contributed by atoms with Crippen molar-refractivity contribution < 1.29 is 19.1 Å². The molecule has 8 nitrogen and oxygen atoms in total. The molecule has 2 aromatic rings. The number of alkyl carbamates (subject to hydrolysis) is 1. The van der Waals surface area contributed by atoms with Crippen molar-refractivity contribution >= 4 is 34.5 Å². The Morgan fingerprint density at radius 3 is 2.94 bits per heavy atom. The van der Waals surface area contributed by atoms with Gasteiger partial charge in [0.2, 0.25) is 0 Å². The molecule has 1 unspecified atom stereocenters. The number of nitrogens with zero attached hydrogens (tertiary/aromatic N) is 2. The van der Waals surface area contributed by atoms with E-state index in [1.807, 2.05) is 23.2 Å². The number of methoxy groups -OCH3 is 1. The van der Waals surface area contributed by atoms with Gasteiger partial charge in [-0.05, 0) is 30.9 Å². The third-order valence-corrected chi connectivity index (χ3v) is 6.06. The van der Waals surface area contributed by atoms with E-state index in [0.29, 0.717) is 43.9 Å². The molecule has 1 saturated heterocycles. The summed E-state index contributed by atoms with van der Waals surface area (Å²) in [5.74, 6) is 0.0668. The van der Waals surface area contributed by atoms with Crippen LogP contribution in [0.3, 0.4) is 0 Å². The van der Waals surface area contributed by atoms with E-state index in [9.17, 15) is 9.59 Å². The first-order chi connectivity index (χ1) is 15.1. The maximum Gasteiger partial charge on any atom is 0.406 e. The molecule has 1 atom stereocenters. The zero-order valence-corrected chi connectivity index (χ0v) is 18.5. The van der Waals surface area contributed by atoms with E-state index in [2.05, 4.69) is 26.0 Å². The zero-order chi connectivity index (χ0) is 21.8. The molecule has 2 amide bonds. The van der Waals surface area contributed by atoms with Gasteiger partial charge in [0.15, 0.2) is 0 Å². The molecule has 1 saturated carbocycles. The van der Waals surface area contributed by atoms with Crippen LogP contribution in [-0.2, 0) is 27.4 Å². The summed E-state index contributed by atoms with van der Waals surface area (Å²) in [4.78, 5) is 26.2. The van der Waals surface area contributed by atoms with Crippen LogP contribution in [0.1, 0.15) is 24.8 Å². The Labute approximate surface area is 186 Å². The predicted octanol–water partition coefficient (Wildman–Crippen LogP) is 2.52. The minimum absolute atomic E-state index is 0.0668. The molecular weight excluding hydrogens is 420 g/mol. The van der Waals surface area contributed by atoms with Gasteiger partial charge in [0.25, 0.3) is 5.91 Å². The van der Waals surface area contributed by atoms with Gasteiger partial charge in [-0.15, -0.1) is 0 Å². The fraction of sp³-hybridized carbons (Fsp3) is 0.545. The first kappa shape index (κ1) is 21.9. The van der Waals surface area contributed by atoms with Crippen molar-refractivity contribution in [2.75, 3.05) is 33.4 Å². The van der Waals surface area contributed by atoms with Crippen molar-refractivity contribution in [2.24, 2.45) is 0 Å². The molecule has 1 aromatic heterocycles. The second-order valence-corrected chi connectivity index (χ2v) is 8.46. The summed E-state index contributed by atoms with van der Waals surface area (Å²) >= 11 is 6.44. The van der Waals surface area contributed by atoms with Gasteiger partial charge in [-0.25, -0.2) is 4.79 Å². The number of hydrogen-bond acceptors (Lipinski definition) is 5. The summed E-state index contributed by atoms with van der Waals surface area (Å²) in [6.45, 7) is 3.71. The van der Waals surface area contributed by atoms with E-state index < -0.39 is 12.2 Å². The fourth-order valence-corrected chi connectivity index (χ4v) is 4.24. The second-order valence-electron chi connectivity index (χ2n) is 8.05. The minimum Gasteiger partial charge on any atom is -0.453 e. The number of aromatic nitrogens is 1. The van der Waals surface area contributed by atoms with E-state index >= 15 is 0 Å². The van der Waals surface area contributed by atoms with Gasteiger partial charge in [-0.1, -0.05) is 23.7 Å². The number of morpholine rings is 1. The number of carbonyl (C=O) groups excluding carboxylic acids is 2. The zero-order valence-electron chi connectivity index (χ0n) is 17.7. The van der Waals surface area contributed by atoms with Gasteiger partial charge in [0, 0.05) is 55.9 Å². The van der Waals surface area contributed by atoms with Crippen LogP contribution in [0.25, 0.3) is 10.9 Å². The van der Waals surface area contributed by atoms with E-state index in [0.717, 1.165) is 42.3 Å². The average molecular weight is 449 g/mol. The topological polar surface area (TPSA) is 84.8 Å². The number of nitrogens with one attached hydrogen (secondary N) is 2. The van der Waals surface area contributed by atoms with E-state index in [1.54, 1.807) is 0 Å². The van der Waals surface area contributed by atoms with Crippen molar-refractivity contribution in [3.63, 3.8) is 0 Å². The molecule has 0 bridgehead atoms. The Balaban J connectivity index is 1.47. The molecular formula is C22H29ClN4O4. The first-order valence-electron chi connectivity index (χ1n) is 10.8. The Hall–Kier alpha value is -2.29. The van der Waals surface area contributed by atoms with E-state index in [4.69, 9.17) is 16.3 Å². The van der Waals surface area contributed by atoms with Crippen LogP contribution >= 0.6 is 11.6 Å². The molecule has 0 spiro atoms. The van der Waals surface area contributed by atoms with E-state index in [1.165, 1.54) is 7.11 Å². The summed E-state index contributed by atoms with van der Waals surface area (Å²) < 4.78 is 12.4. The SMILES string of the molecule is COC(=O)NCCCn1cc(Cl)c2ccc(CN(C(=O)C3CNCCO3)C3CC3)cc21. The van der Waals surface area contributed by atoms with E-state index in [-0.39, 0.29) is 5.91 Å². The number of ether oxygens (including phenoxy) is 2. The van der Waals surface area contributed by atoms with Crippen molar-refractivity contribution in [1.82, 2.24) is 20.1 Å². The molecule has 2 fully saturated rings. The Bertz CT molecular complexity index is 937. The first-order valence-corrected chi connectivity index (χ1v) is 11.2. The lowest BCUT2D eigenvalue weighted by Crippen LogP contribution is -2.49. The van der Waals surface area contributed by atoms with Crippen LogP contribution in [0.2, 0.25) is 5.02 Å². The molecule has 31 heavy (non-hydrogen) atoms. The number of halogens is 1. The largest absolute Gasteiger partial charge is 0.453 e. The highest BCUT2D eigenvalue weighted by Gasteiger charge is 2.36. The number of aryl methyl sites for hydroxylation is 1. The lowest BCUT2D eigenvalue weighted by atomic mass is 10.1. The highest BCUT2D eigenvalue weighted by molar-refractivity contribution is 6.35. The molecule has 1 aliphatic heterocycles. The molecule has 1 aromatic carbocycles. The lowest BCUT2D eigenvalue weighted by molar-refractivity contribution is -0.146. The van der Waals surface area contributed by atoms with Crippen LogP contribution in [0.4, 0.5) is 4.79 Å². The molecule has 2 aliphatic rings. The monoisotopic (exact) mass is 448 g/mol. The van der Waals surface area contributed by atoms with Crippen molar-refractivity contribution in [1.29, 1.82) is 0 Å². The molecule has 0 radical (unpaired) electrons. The van der Waals surface area contributed by atoms with Gasteiger partial charge >= 0.3 is 6.09 Å². The van der Waals surface area contributed by atoms with Gasteiger partial charge in [-0.3, -0.25) is 4.79 Å². The van der Waals surface area contributed by atoms with Crippen LogP contribution in [-0.4, -0.2) is 67.0 Å². The summed E-state index contributed by atoms with van der Waals surface area (Å²) in [5, 5.41) is 7.60. The second kappa shape index (κ2) is 9.89. The Morgan fingerprint density at radius 2 is 2.23 bits per heavy atom. The number of carbonyl (C=O) groups is 2. The quantitative estimate of drug-likeness (QED) is 0.606. The third-order valence-electron chi connectivity index (χ3n) is 5.76. The van der Waals surface area contributed by atoms with Crippen molar-refractivity contribution in [3.05, 3.63) is 35.0 Å². The van der Waals surface area contributed by atoms with Gasteiger partial charge in [0.1, 0.15) is 6.10 Å². The van der Waals surface area contributed by atoms with Crippen LogP contribution in [0, 0.1) is 0 Å². The summed E-state index contributed by atoms with van der Waals surface area (Å²) in [5.41, 5.74) is 2.10. The van der Waals surface area contributed by atoms with Crippen molar-refractivity contribution in [3.8, 4) is 0 Å². The standard InChI is InChI=1S/C22H29ClN4O4/c1-30-22(29)25-7-2-9-26-14-18(23)17-6-3-15(11-19(17)26)13-27(16-4-5-16)21(28)20-12-24-8-10-31-20/h3,6,11,14,16,20,24H,2,4-5,7-10,12-13H2,1H3,(H,25,29). The van der Waals surface area contributed by atoms with Gasteiger partial charge in [-0.2, -0.15) is 0 Å². The van der Waals surface area contributed by atoms with Crippen LogP contribution in [0.15, 0.2) is 24.4 Å². The summed E-state index contributed by atoms with van der Waals surface area (Å²) in [6.07, 6.45) is 3.92. The molecule has 1 aliphatic carbocycles. The smallest absolute Gasteiger partial charge is 0.406 e. The molecule has 4 rings (SSSR count). The molecule has 9 heteroatoms. The minimum atomic E-state index is -0.431. The summed E-state index contributed by atoms with van der Waals surface area (Å²) in [7, 11) is 1.35. The number of hydrogen-bond donors (Lipinski definition) is 2. The maximum absolute atomic E-state index is 13.1. The number of rotatable bonds is 8. The predicted molar refractivity (Wildman–Crippen MR) is 118 cm³/mol. The fourth-order valence-electron chi connectivity index (χ4n) is 3.97. The lowest BCUT2D eigenvalue weighted by Gasteiger charge is -2.30. The maximum atomic E-state index is 13.1. The Kier molecular flexibility index (Phi) is 6.99. The molecule has 168 valence electrons. The summed E-state index contributed by atoms with van der Waals surface area (Å²) in [6, 6.07) is 6.47. The van der Waals surface area contributed by atoms with Crippen molar-refractivity contribution in [2.45, 2.75) is 44.5 Å². The average Bonchev–Trinajstić information content (AvgIpc) is 3.59. The van der Waals surface area contributed by atoms with Gasteiger partial charge < -0.3 is 29.6 Å². The normalized spacial score (nSPS) is 18.7. The van der Waals surface area contributed by atoms with Gasteiger partial charge in [0.05, 0.1) is 18.7 Å². The molecule has 2 heterocycles. The highest BCUT2D eigenvalue weighted by atomic mass is 35.5. The highest BCUT2D eigenvalue weighted by Crippen LogP contribution is 2.31. The third kappa shape index (κ3) is 5.31. The number of amides is 2. The number of benzene rings is 1. The van der Waals surface area contributed by atoms with Crippen LogP contribution < -0.4 is 10.6 Å². The number of fused-ring (bicyclic) bond motifs is 1. The van der Waals surface area contributed by atoms with Crippen LogP contribution in [0.5, 0.6) is 0 Å². The Morgan fingerprint density at radius 1 is 1.39 bits per heavy atom. The molecule has 2 N–H and O–H groups in total.